The Labute approximate surface area is 165 Å². The second kappa shape index (κ2) is 6.17. The summed E-state index contributed by atoms with van der Waals surface area (Å²) in [5.74, 6) is -1.38. The summed E-state index contributed by atoms with van der Waals surface area (Å²) in [7, 11) is 0. The third kappa shape index (κ3) is 2.63. The van der Waals surface area contributed by atoms with E-state index in [2.05, 4.69) is 35.8 Å². The van der Waals surface area contributed by atoms with E-state index in [-0.39, 0.29) is 22.3 Å². The van der Waals surface area contributed by atoms with Crippen molar-refractivity contribution in [3.8, 4) is 11.1 Å². The van der Waals surface area contributed by atoms with Crippen LogP contribution in [-0.4, -0.2) is 16.9 Å². The van der Waals surface area contributed by atoms with E-state index in [0.717, 1.165) is 21.2 Å². The van der Waals surface area contributed by atoms with Crippen molar-refractivity contribution in [3.05, 3.63) is 93.0 Å². The number of carboxylic acid groups (broad SMARTS) is 1. The fourth-order valence-corrected chi connectivity index (χ4v) is 4.49. The topological polar surface area (TPSA) is 54.4 Å². The average Bonchev–Trinajstić information content (AvgIpc) is 2.89. The van der Waals surface area contributed by atoms with Crippen molar-refractivity contribution >= 4 is 27.7 Å². The summed E-state index contributed by atoms with van der Waals surface area (Å²) in [6.07, 6.45) is 0. The summed E-state index contributed by atoms with van der Waals surface area (Å²) in [5.41, 5.74) is 5.03. The van der Waals surface area contributed by atoms with Crippen LogP contribution in [0.5, 0.6) is 0 Å². The SMILES string of the molecule is CC1(C)c2cc(C(=O)c3ccccc3C(=O)O)ccc2-c2c(Br)cccc21. The summed E-state index contributed by atoms with van der Waals surface area (Å²) < 4.78 is 1.03. The summed E-state index contributed by atoms with van der Waals surface area (Å²) in [4.78, 5) is 24.5. The van der Waals surface area contributed by atoms with Gasteiger partial charge in [0.15, 0.2) is 5.78 Å². The first-order chi connectivity index (χ1) is 12.8. The van der Waals surface area contributed by atoms with Crippen LogP contribution < -0.4 is 0 Å². The predicted molar refractivity (Wildman–Crippen MR) is 109 cm³/mol. The summed E-state index contributed by atoms with van der Waals surface area (Å²) in [6.45, 7) is 4.28. The van der Waals surface area contributed by atoms with Crippen LogP contribution >= 0.6 is 15.9 Å². The van der Waals surface area contributed by atoms with Gasteiger partial charge in [-0.1, -0.05) is 72.2 Å². The van der Waals surface area contributed by atoms with Gasteiger partial charge in [-0.2, -0.15) is 0 Å². The quantitative estimate of drug-likeness (QED) is 0.554. The average molecular weight is 421 g/mol. The van der Waals surface area contributed by atoms with Crippen molar-refractivity contribution in [3.63, 3.8) is 0 Å². The number of carbonyl (C=O) groups excluding carboxylic acids is 1. The molecule has 3 nitrogen and oxygen atoms in total. The standard InChI is InChI=1S/C23H17BrO3/c1-23(2)17-8-5-9-19(24)20(17)16-11-10-13(12-18(16)23)21(25)14-6-3-4-7-15(14)22(26)27/h3-12H,1-2H3,(H,26,27). The zero-order valence-electron chi connectivity index (χ0n) is 14.9. The van der Waals surface area contributed by atoms with Crippen molar-refractivity contribution in [2.45, 2.75) is 19.3 Å². The van der Waals surface area contributed by atoms with Crippen LogP contribution in [0.4, 0.5) is 0 Å². The van der Waals surface area contributed by atoms with Gasteiger partial charge in [0.25, 0.3) is 0 Å². The molecular formula is C23H17BrO3. The molecule has 0 unspecified atom stereocenters. The van der Waals surface area contributed by atoms with Crippen molar-refractivity contribution in [2.75, 3.05) is 0 Å². The number of ketones is 1. The highest BCUT2D eigenvalue weighted by Gasteiger charge is 2.37. The summed E-state index contributed by atoms with van der Waals surface area (Å²) in [6, 6.07) is 18.1. The Hall–Kier alpha value is -2.72. The first-order valence-corrected chi connectivity index (χ1v) is 9.42. The Morgan fingerprint density at radius 3 is 2.30 bits per heavy atom. The van der Waals surface area contributed by atoms with Gasteiger partial charge in [-0.3, -0.25) is 4.79 Å². The van der Waals surface area contributed by atoms with Crippen LogP contribution in [0.15, 0.2) is 65.1 Å². The van der Waals surface area contributed by atoms with Crippen molar-refractivity contribution < 1.29 is 14.7 Å². The normalized spacial score (nSPS) is 13.7. The Bertz CT molecular complexity index is 1110. The molecule has 0 saturated heterocycles. The molecule has 3 aromatic rings. The molecule has 27 heavy (non-hydrogen) atoms. The van der Waals surface area contributed by atoms with E-state index in [1.165, 1.54) is 11.6 Å². The highest BCUT2D eigenvalue weighted by atomic mass is 79.9. The molecule has 4 rings (SSSR count). The minimum Gasteiger partial charge on any atom is -0.478 e. The predicted octanol–water partition coefficient (Wildman–Crippen LogP) is 5.68. The number of carbonyl (C=O) groups is 2. The van der Waals surface area contributed by atoms with Crippen molar-refractivity contribution in [1.82, 2.24) is 0 Å². The molecule has 0 radical (unpaired) electrons. The molecule has 1 aliphatic carbocycles. The number of fused-ring (bicyclic) bond motifs is 3. The van der Waals surface area contributed by atoms with Crippen molar-refractivity contribution in [1.29, 1.82) is 0 Å². The van der Waals surface area contributed by atoms with E-state index in [9.17, 15) is 14.7 Å². The fourth-order valence-electron chi connectivity index (χ4n) is 3.91. The van der Waals surface area contributed by atoms with E-state index in [4.69, 9.17) is 0 Å². The van der Waals surface area contributed by atoms with Gasteiger partial charge in [0.05, 0.1) is 5.56 Å². The zero-order valence-corrected chi connectivity index (χ0v) is 16.5. The molecule has 0 bridgehead atoms. The molecule has 0 aliphatic heterocycles. The van der Waals surface area contributed by atoms with Crippen LogP contribution in [0.3, 0.4) is 0 Å². The second-order valence-electron chi connectivity index (χ2n) is 7.23. The number of hydrogen-bond acceptors (Lipinski definition) is 2. The Morgan fingerprint density at radius 2 is 1.59 bits per heavy atom. The zero-order chi connectivity index (χ0) is 19.3. The molecule has 0 spiro atoms. The lowest BCUT2D eigenvalue weighted by Crippen LogP contribution is -2.16. The second-order valence-corrected chi connectivity index (χ2v) is 8.08. The van der Waals surface area contributed by atoms with E-state index in [0.29, 0.717) is 5.56 Å². The monoisotopic (exact) mass is 420 g/mol. The summed E-state index contributed by atoms with van der Waals surface area (Å²) in [5, 5.41) is 9.39. The van der Waals surface area contributed by atoms with Gasteiger partial charge in [0.2, 0.25) is 0 Å². The number of rotatable bonds is 3. The van der Waals surface area contributed by atoms with Crippen LogP contribution in [0.2, 0.25) is 0 Å². The van der Waals surface area contributed by atoms with Gasteiger partial charge < -0.3 is 5.11 Å². The van der Waals surface area contributed by atoms with Gasteiger partial charge >= 0.3 is 5.97 Å². The maximum Gasteiger partial charge on any atom is 0.336 e. The third-order valence-electron chi connectivity index (χ3n) is 5.31. The number of benzene rings is 3. The number of aromatic carboxylic acids is 1. The molecule has 0 fully saturated rings. The van der Waals surface area contributed by atoms with Crippen LogP contribution in [-0.2, 0) is 5.41 Å². The first kappa shape index (κ1) is 17.7. The van der Waals surface area contributed by atoms with Gasteiger partial charge in [0, 0.05) is 26.6 Å². The highest BCUT2D eigenvalue weighted by Crippen LogP contribution is 2.51. The van der Waals surface area contributed by atoms with Gasteiger partial charge in [0.1, 0.15) is 0 Å². The van der Waals surface area contributed by atoms with Gasteiger partial charge in [-0.05, 0) is 34.9 Å². The third-order valence-corrected chi connectivity index (χ3v) is 5.97. The molecule has 134 valence electrons. The fraction of sp³-hybridized carbons (Fsp3) is 0.130. The number of hydrogen-bond donors (Lipinski definition) is 1. The molecule has 0 heterocycles. The molecule has 0 atom stereocenters. The lowest BCUT2D eigenvalue weighted by atomic mass is 9.81. The largest absolute Gasteiger partial charge is 0.478 e. The van der Waals surface area contributed by atoms with Crippen LogP contribution in [0.25, 0.3) is 11.1 Å². The van der Waals surface area contributed by atoms with E-state index < -0.39 is 5.97 Å². The highest BCUT2D eigenvalue weighted by molar-refractivity contribution is 9.10. The first-order valence-electron chi connectivity index (χ1n) is 8.63. The number of halogens is 1. The lowest BCUT2D eigenvalue weighted by molar-refractivity contribution is 0.0693. The summed E-state index contributed by atoms with van der Waals surface area (Å²) >= 11 is 3.65. The van der Waals surface area contributed by atoms with E-state index in [1.807, 2.05) is 24.3 Å². The molecule has 1 N–H and O–H groups in total. The van der Waals surface area contributed by atoms with Crippen molar-refractivity contribution in [2.24, 2.45) is 0 Å². The minimum atomic E-state index is -1.10. The Morgan fingerprint density at radius 1 is 0.889 bits per heavy atom. The molecule has 0 saturated carbocycles. The molecule has 0 aromatic heterocycles. The molecule has 3 aromatic carbocycles. The van der Waals surface area contributed by atoms with Gasteiger partial charge in [-0.25, -0.2) is 4.79 Å². The van der Waals surface area contributed by atoms with E-state index >= 15 is 0 Å². The van der Waals surface area contributed by atoms with Crippen LogP contribution in [0, 0.1) is 0 Å². The van der Waals surface area contributed by atoms with Gasteiger partial charge in [-0.15, -0.1) is 0 Å². The smallest absolute Gasteiger partial charge is 0.336 e. The van der Waals surface area contributed by atoms with Crippen LogP contribution in [0.1, 0.15) is 51.3 Å². The Balaban J connectivity index is 1.87. The minimum absolute atomic E-state index is 0.0216. The maximum absolute atomic E-state index is 13.0. The Kier molecular flexibility index (Phi) is 4.04. The molecule has 0 amide bonds. The van der Waals surface area contributed by atoms with E-state index in [1.54, 1.807) is 24.3 Å². The molecule has 4 heteroatoms. The lowest BCUT2D eigenvalue weighted by Gasteiger charge is -2.22. The maximum atomic E-state index is 13.0. The number of carboxylic acids is 1. The molecule has 1 aliphatic rings. The molecular weight excluding hydrogens is 404 g/mol.